The molecule has 1 aliphatic carbocycles. The van der Waals surface area contributed by atoms with Gasteiger partial charge >= 0.3 is 0 Å². The average Bonchev–Trinajstić information content (AvgIpc) is 2.37. The van der Waals surface area contributed by atoms with Crippen LogP contribution in [-0.4, -0.2) is 24.2 Å². The van der Waals surface area contributed by atoms with E-state index in [2.05, 4.69) is 19.2 Å². The van der Waals surface area contributed by atoms with E-state index in [1.807, 2.05) is 0 Å². The van der Waals surface area contributed by atoms with Gasteiger partial charge in [-0.25, -0.2) is 0 Å². The molecule has 1 amide bonds. The Labute approximate surface area is 111 Å². The zero-order valence-electron chi connectivity index (χ0n) is 12.0. The van der Waals surface area contributed by atoms with Gasteiger partial charge in [0.15, 0.2) is 0 Å². The Kier molecular flexibility index (Phi) is 6.69. The fourth-order valence-electron chi connectivity index (χ4n) is 2.95. The van der Waals surface area contributed by atoms with Gasteiger partial charge in [-0.2, -0.15) is 0 Å². The van der Waals surface area contributed by atoms with Crippen LogP contribution in [0.1, 0.15) is 65.2 Å². The summed E-state index contributed by atoms with van der Waals surface area (Å²) in [6, 6.07) is 0. The largest absolute Gasteiger partial charge is 0.396 e. The average molecular weight is 255 g/mol. The maximum Gasteiger partial charge on any atom is 0.225 e. The van der Waals surface area contributed by atoms with Gasteiger partial charge in [-0.05, 0) is 31.6 Å². The molecule has 1 atom stereocenters. The fourth-order valence-corrected chi connectivity index (χ4v) is 2.95. The van der Waals surface area contributed by atoms with Gasteiger partial charge in [0, 0.05) is 18.6 Å². The van der Waals surface area contributed by atoms with Gasteiger partial charge in [0.25, 0.3) is 0 Å². The molecule has 0 aromatic heterocycles. The van der Waals surface area contributed by atoms with Gasteiger partial charge < -0.3 is 10.4 Å². The molecular weight excluding hydrogens is 226 g/mol. The highest BCUT2D eigenvalue weighted by atomic mass is 16.3. The van der Waals surface area contributed by atoms with Crippen LogP contribution in [-0.2, 0) is 4.79 Å². The van der Waals surface area contributed by atoms with Crippen LogP contribution in [0.2, 0.25) is 0 Å². The Hall–Kier alpha value is -0.570. The molecular formula is C15H29NO2. The van der Waals surface area contributed by atoms with Crippen molar-refractivity contribution in [2.45, 2.75) is 65.2 Å². The van der Waals surface area contributed by atoms with E-state index in [0.717, 1.165) is 38.6 Å². The lowest BCUT2D eigenvalue weighted by atomic mass is 9.75. The lowest BCUT2D eigenvalue weighted by Crippen LogP contribution is -2.42. The lowest BCUT2D eigenvalue weighted by molar-refractivity contribution is -0.132. The third kappa shape index (κ3) is 4.60. The zero-order valence-corrected chi connectivity index (χ0v) is 12.0. The van der Waals surface area contributed by atoms with E-state index in [1.54, 1.807) is 0 Å². The lowest BCUT2D eigenvalue weighted by Gasteiger charge is -2.32. The topological polar surface area (TPSA) is 49.3 Å². The van der Waals surface area contributed by atoms with Gasteiger partial charge in [-0.3, -0.25) is 4.79 Å². The Morgan fingerprint density at radius 2 is 1.94 bits per heavy atom. The van der Waals surface area contributed by atoms with E-state index in [1.165, 1.54) is 19.3 Å². The Morgan fingerprint density at radius 3 is 2.50 bits per heavy atom. The van der Waals surface area contributed by atoms with Gasteiger partial charge in [0.05, 0.1) is 0 Å². The minimum absolute atomic E-state index is 0.145. The van der Waals surface area contributed by atoms with Crippen LogP contribution >= 0.6 is 0 Å². The van der Waals surface area contributed by atoms with Gasteiger partial charge in [0.1, 0.15) is 0 Å². The summed E-state index contributed by atoms with van der Waals surface area (Å²) in [4.78, 5) is 12.3. The summed E-state index contributed by atoms with van der Waals surface area (Å²) in [5.74, 6) is 0.650. The standard InChI is InChI=1S/C15H29NO2/c1-3-7-13(8-11-17)12-16-14(18)15(2)9-5-4-6-10-15/h13,17H,3-12H2,1-2H3,(H,16,18). The first-order chi connectivity index (χ1) is 8.62. The molecule has 0 spiro atoms. The fraction of sp³-hybridized carbons (Fsp3) is 0.933. The van der Waals surface area contributed by atoms with Crippen molar-refractivity contribution in [1.82, 2.24) is 5.32 Å². The number of carbonyl (C=O) groups excluding carboxylic acids is 1. The molecule has 1 aliphatic rings. The third-order valence-electron chi connectivity index (χ3n) is 4.29. The predicted molar refractivity (Wildman–Crippen MR) is 74.3 cm³/mol. The van der Waals surface area contributed by atoms with Crippen molar-refractivity contribution < 1.29 is 9.90 Å². The normalized spacial score (nSPS) is 20.4. The molecule has 0 heterocycles. The van der Waals surface area contributed by atoms with Crippen molar-refractivity contribution in [3.63, 3.8) is 0 Å². The number of amides is 1. The molecule has 2 N–H and O–H groups in total. The Morgan fingerprint density at radius 1 is 1.28 bits per heavy atom. The molecule has 3 nitrogen and oxygen atoms in total. The molecule has 106 valence electrons. The molecule has 0 aromatic carbocycles. The molecule has 0 saturated heterocycles. The highest BCUT2D eigenvalue weighted by Gasteiger charge is 2.34. The quantitative estimate of drug-likeness (QED) is 0.735. The van der Waals surface area contributed by atoms with Crippen molar-refractivity contribution in [3.8, 4) is 0 Å². The SMILES string of the molecule is CCCC(CCO)CNC(=O)C1(C)CCCCC1. The molecule has 1 fully saturated rings. The second-order valence-corrected chi connectivity index (χ2v) is 6.00. The van der Waals surface area contributed by atoms with Gasteiger partial charge in [-0.1, -0.05) is 39.5 Å². The molecule has 0 aliphatic heterocycles. The molecule has 1 saturated carbocycles. The van der Waals surface area contributed by atoms with Crippen molar-refractivity contribution in [1.29, 1.82) is 0 Å². The van der Waals surface area contributed by atoms with E-state index in [9.17, 15) is 4.79 Å². The van der Waals surface area contributed by atoms with Crippen LogP contribution < -0.4 is 5.32 Å². The van der Waals surface area contributed by atoms with E-state index in [-0.39, 0.29) is 17.9 Å². The van der Waals surface area contributed by atoms with Crippen molar-refractivity contribution in [3.05, 3.63) is 0 Å². The van der Waals surface area contributed by atoms with Crippen LogP contribution in [0.4, 0.5) is 0 Å². The van der Waals surface area contributed by atoms with Crippen molar-refractivity contribution >= 4 is 5.91 Å². The van der Waals surface area contributed by atoms with Gasteiger partial charge in [-0.15, -0.1) is 0 Å². The number of rotatable bonds is 7. The molecule has 18 heavy (non-hydrogen) atoms. The second kappa shape index (κ2) is 7.78. The number of aliphatic hydroxyl groups excluding tert-OH is 1. The van der Waals surface area contributed by atoms with Crippen LogP contribution in [0.3, 0.4) is 0 Å². The molecule has 1 unspecified atom stereocenters. The molecule has 3 heteroatoms. The number of hydrogen-bond acceptors (Lipinski definition) is 2. The molecule has 0 aromatic rings. The highest BCUT2D eigenvalue weighted by Crippen LogP contribution is 2.35. The van der Waals surface area contributed by atoms with Crippen LogP contribution in [0.5, 0.6) is 0 Å². The monoisotopic (exact) mass is 255 g/mol. The van der Waals surface area contributed by atoms with E-state index >= 15 is 0 Å². The highest BCUT2D eigenvalue weighted by molar-refractivity contribution is 5.82. The number of nitrogens with one attached hydrogen (secondary N) is 1. The van der Waals surface area contributed by atoms with Crippen molar-refractivity contribution in [2.75, 3.05) is 13.2 Å². The summed E-state index contributed by atoms with van der Waals surface area (Å²) in [5, 5.41) is 12.1. The maximum atomic E-state index is 12.3. The molecule has 0 bridgehead atoms. The first-order valence-electron chi connectivity index (χ1n) is 7.51. The molecule has 1 rings (SSSR count). The third-order valence-corrected chi connectivity index (χ3v) is 4.29. The van der Waals surface area contributed by atoms with E-state index in [0.29, 0.717) is 5.92 Å². The number of carbonyl (C=O) groups is 1. The minimum atomic E-state index is -0.145. The van der Waals surface area contributed by atoms with Crippen LogP contribution in [0, 0.1) is 11.3 Å². The van der Waals surface area contributed by atoms with Crippen LogP contribution in [0.15, 0.2) is 0 Å². The van der Waals surface area contributed by atoms with E-state index in [4.69, 9.17) is 5.11 Å². The van der Waals surface area contributed by atoms with E-state index < -0.39 is 0 Å². The smallest absolute Gasteiger partial charge is 0.225 e. The molecule has 0 radical (unpaired) electrons. The minimum Gasteiger partial charge on any atom is -0.396 e. The number of aliphatic hydroxyl groups is 1. The van der Waals surface area contributed by atoms with Crippen molar-refractivity contribution in [2.24, 2.45) is 11.3 Å². The second-order valence-electron chi connectivity index (χ2n) is 6.00. The Balaban J connectivity index is 2.38. The summed E-state index contributed by atoms with van der Waals surface area (Å²) in [7, 11) is 0. The maximum absolute atomic E-state index is 12.3. The van der Waals surface area contributed by atoms with Gasteiger partial charge in [0.2, 0.25) is 5.91 Å². The first-order valence-corrected chi connectivity index (χ1v) is 7.51. The first kappa shape index (κ1) is 15.5. The number of hydrogen-bond donors (Lipinski definition) is 2. The summed E-state index contributed by atoms with van der Waals surface area (Å²) in [6.07, 6.45) is 8.67. The Bertz CT molecular complexity index is 241. The summed E-state index contributed by atoms with van der Waals surface area (Å²) >= 11 is 0. The zero-order chi connectivity index (χ0) is 13.4. The summed E-state index contributed by atoms with van der Waals surface area (Å²) in [5.41, 5.74) is -0.145. The predicted octanol–water partition coefficient (Wildman–Crippen LogP) is 2.87. The summed E-state index contributed by atoms with van der Waals surface area (Å²) in [6.45, 7) is 5.19. The summed E-state index contributed by atoms with van der Waals surface area (Å²) < 4.78 is 0. The van der Waals surface area contributed by atoms with Crippen LogP contribution in [0.25, 0.3) is 0 Å².